The normalized spacial score (nSPS) is 17.5. The summed E-state index contributed by atoms with van der Waals surface area (Å²) in [7, 11) is 1.86. The quantitative estimate of drug-likeness (QED) is 0.854. The summed E-state index contributed by atoms with van der Waals surface area (Å²) < 4.78 is 7.32. The first-order chi connectivity index (χ1) is 11.5. The van der Waals surface area contributed by atoms with E-state index in [0.29, 0.717) is 19.7 Å². The van der Waals surface area contributed by atoms with E-state index in [9.17, 15) is 4.79 Å². The molecular weight excluding hydrogens is 326 g/mol. The molecule has 0 spiro atoms. The SMILES string of the molecule is CC1CN(C(=O)COCc2ccnn2C)CCc2ccc(Cl)cc21. The molecule has 0 fully saturated rings. The lowest BCUT2D eigenvalue weighted by molar-refractivity contribution is -0.136. The second kappa shape index (κ2) is 7.36. The summed E-state index contributed by atoms with van der Waals surface area (Å²) in [5, 5.41) is 4.84. The highest BCUT2D eigenvalue weighted by Gasteiger charge is 2.23. The monoisotopic (exact) mass is 347 g/mol. The fourth-order valence-corrected chi connectivity index (χ4v) is 3.31. The molecular formula is C18H22ClN3O2. The van der Waals surface area contributed by atoms with Crippen molar-refractivity contribution in [1.82, 2.24) is 14.7 Å². The van der Waals surface area contributed by atoms with Crippen molar-refractivity contribution in [2.24, 2.45) is 7.05 Å². The summed E-state index contributed by atoms with van der Waals surface area (Å²) in [5.41, 5.74) is 3.47. The molecule has 1 aliphatic rings. The molecule has 3 rings (SSSR count). The number of amides is 1. The van der Waals surface area contributed by atoms with Crippen LogP contribution in [0.15, 0.2) is 30.5 Å². The van der Waals surface area contributed by atoms with Gasteiger partial charge in [-0.2, -0.15) is 5.10 Å². The summed E-state index contributed by atoms with van der Waals surface area (Å²) in [4.78, 5) is 14.4. The van der Waals surface area contributed by atoms with Crippen LogP contribution in [0.4, 0.5) is 0 Å². The Morgan fingerprint density at radius 2 is 2.25 bits per heavy atom. The van der Waals surface area contributed by atoms with Crippen LogP contribution in [-0.2, 0) is 29.6 Å². The zero-order valence-electron chi connectivity index (χ0n) is 14.0. The smallest absolute Gasteiger partial charge is 0.248 e. The molecule has 0 aliphatic carbocycles. The molecule has 128 valence electrons. The Kier molecular flexibility index (Phi) is 5.21. The highest BCUT2D eigenvalue weighted by molar-refractivity contribution is 6.30. The summed E-state index contributed by atoms with van der Waals surface area (Å²) in [5.74, 6) is 0.296. The van der Waals surface area contributed by atoms with Gasteiger partial charge in [0.05, 0.1) is 12.3 Å². The minimum absolute atomic E-state index is 0.0305. The van der Waals surface area contributed by atoms with Crippen molar-refractivity contribution in [3.63, 3.8) is 0 Å². The first-order valence-corrected chi connectivity index (χ1v) is 8.53. The van der Waals surface area contributed by atoms with Gasteiger partial charge in [-0.1, -0.05) is 24.6 Å². The average molecular weight is 348 g/mol. The number of halogens is 1. The maximum atomic E-state index is 12.5. The van der Waals surface area contributed by atoms with Crippen molar-refractivity contribution in [3.05, 3.63) is 52.3 Å². The predicted molar refractivity (Wildman–Crippen MR) is 93.0 cm³/mol. The Balaban J connectivity index is 1.58. The van der Waals surface area contributed by atoms with Gasteiger partial charge in [0.2, 0.25) is 5.91 Å². The summed E-state index contributed by atoms with van der Waals surface area (Å²) in [6.07, 6.45) is 2.57. The molecule has 2 heterocycles. The molecule has 0 saturated carbocycles. The number of carbonyl (C=O) groups is 1. The topological polar surface area (TPSA) is 47.4 Å². The summed E-state index contributed by atoms with van der Waals surface area (Å²) in [6, 6.07) is 7.90. The van der Waals surface area contributed by atoms with Gasteiger partial charge in [-0.05, 0) is 41.7 Å². The molecule has 24 heavy (non-hydrogen) atoms. The molecule has 1 atom stereocenters. The number of hydrogen-bond donors (Lipinski definition) is 0. The summed E-state index contributed by atoms with van der Waals surface area (Å²) >= 11 is 6.12. The summed E-state index contributed by atoms with van der Waals surface area (Å²) in [6.45, 7) is 4.03. The molecule has 1 unspecified atom stereocenters. The minimum Gasteiger partial charge on any atom is -0.365 e. The molecule has 1 aromatic heterocycles. The molecule has 5 nitrogen and oxygen atoms in total. The fourth-order valence-electron chi connectivity index (χ4n) is 3.13. The minimum atomic E-state index is 0.0305. The van der Waals surface area contributed by atoms with Crippen molar-refractivity contribution in [3.8, 4) is 0 Å². The Morgan fingerprint density at radius 3 is 3.00 bits per heavy atom. The van der Waals surface area contributed by atoms with Crippen LogP contribution < -0.4 is 0 Å². The molecule has 2 aromatic rings. The lowest BCUT2D eigenvalue weighted by atomic mass is 9.95. The third-order valence-electron chi connectivity index (χ3n) is 4.53. The van der Waals surface area contributed by atoms with Crippen LogP contribution >= 0.6 is 11.6 Å². The number of carbonyl (C=O) groups excluding carboxylic acids is 1. The lowest BCUT2D eigenvalue weighted by Crippen LogP contribution is -2.36. The van der Waals surface area contributed by atoms with E-state index >= 15 is 0 Å². The van der Waals surface area contributed by atoms with Gasteiger partial charge in [-0.25, -0.2) is 0 Å². The van der Waals surface area contributed by atoms with E-state index in [-0.39, 0.29) is 18.4 Å². The first kappa shape index (κ1) is 17.0. The highest BCUT2D eigenvalue weighted by atomic mass is 35.5. The molecule has 1 aliphatic heterocycles. The van der Waals surface area contributed by atoms with Crippen molar-refractivity contribution in [2.75, 3.05) is 19.7 Å². The van der Waals surface area contributed by atoms with Gasteiger partial charge in [-0.3, -0.25) is 9.48 Å². The van der Waals surface area contributed by atoms with Crippen LogP contribution in [0.1, 0.15) is 29.7 Å². The van der Waals surface area contributed by atoms with Gasteiger partial charge in [0.1, 0.15) is 6.61 Å². The van der Waals surface area contributed by atoms with E-state index in [1.165, 1.54) is 11.1 Å². The first-order valence-electron chi connectivity index (χ1n) is 8.15. The fraction of sp³-hybridized carbons (Fsp3) is 0.444. The number of rotatable bonds is 4. The number of aromatic nitrogens is 2. The standard InChI is InChI=1S/C18H22ClN3O2/c1-13-10-22(8-6-14-3-4-15(19)9-17(13)14)18(23)12-24-11-16-5-7-20-21(16)2/h3-5,7,9,13H,6,8,10-12H2,1-2H3. The van der Waals surface area contributed by atoms with Gasteiger partial charge in [-0.15, -0.1) is 0 Å². The number of hydrogen-bond acceptors (Lipinski definition) is 3. The van der Waals surface area contributed by atoms with Gasteiger partial charge >= 0.3 is 0 Å². The Bertz CT molecular complexity index is 729. The van der Waals surface area contributed by atoms with Crippen LogP contribution in [0.25, 0.3) is 0 Å². The molecule has 0 saturated heterocycles. The third-order valence-corrected chi connectivity index (χ3v) is 4.77. The number of fused-ring (bicyclic) bond motifs is 1. The van der Waals surface area contributed by atoms with Crippen molar-refractivity contribution >= 4 is 17.5 Å². The van der Waals surface area contributed by atoms with E-state index in [1.807, 2.05) is 30.1 Å². The van der Waals surface area contributed by atoms with Gasteiger partial charge in [0, 0.05) is 31.4 Å². The zero-order chi connectivity index (χ0) is 17.1. The number of ether oxygens (including phenoxy) is 1. The molecule has 0 N–H and O–H groups in total. The highest BCUT2D eigenvalue weighted by Crippen LogP contribution is 2.28. The van der Waals surface area contributed by atoms with Crippen LogP contribution in [0.2, 0.25) is 5.02 Å². The van der Waals surface area contributed by atoms with Gasteiger partial charge in [0.25, 0.3) is 0 Å². The van der Waals surface area contributed by atoms with E-state index in [2.05, 4.69) is 18.1 Å². The van der Waals surface area contributed by atoms with Gasteiger partial charge < -0.3 is 9.64 Å². The van der Waals surface area contributed by atoms with Crippen LogP contribution in [0.5, 0.6) is 0 Å². The van der Waals surface area contributed by atoms with E-state index in [4.69, 9.17) is 16.3 Å². The molecule has 6 heteroatoms. The maximum Gasteiger partial charge on any atom is 0.248 e. The maximum absolute atomic E-state index is 12.5. The Labute approximate surface area is 147 Å². The molecule has 1 amide bonds. The zero-order valence-corrected chi connectivity index (χ0v) is 14.8. The van der Waals surface area contributed by atoms with Crippen molar-refractivity contribution in [2.45, 2.75) is 25.9 Å². The number of nitrogens with zero attached hydrogens (tertiary/aromatic N) is 3. The molecule has 1 aromatic carbocycles. The predicted octanol–water partition coefficient (Wildman–Crippen LogP) is 2.78. The molecule has 0 radical (unpaired) electrons. The lowest BCUT2D eigenvalue weighted by Gasteiger charge is -2.23. The van der Waals surface area contributed by atoms with E-state index in [0.717, 1.165) is 17.1 Å². The molecule has 0 bridgehead atoms. The van der Waals surface area contributed by atoms with Gasteiger partial charge in [0.15, 0.2) is 0 Å². The average Bonchev–Trinajstić information content (AvgIpc) is 2.89. The number of benzene rings is 1. The second-order valence-corrected chi connectivity index (χ2v) is 6.71. The Hall–Kier alpha value is -1.85. The second-order valence-electron chi connectivity index (χ2n) is 6.27. The van der Waals surface area contributed by atoms with Crippen molar-refractivity contribution < 1.29 is 9.53 Å². The third kappa shape index (κ3) is 3.79. The van der Waals surface area contributed by atoms with Crippen LogP contribution in [0.3, 0.4) is 0 Å². The van der Waals surface area contributed by atoms with E-state index < -0.39 is 0 Å². The number of aryl methyl sites for hydroxylation is 1. The van der Waals surface area contributed by atoms with Crippen molar-refractivity contribution in [1.29, 1.82) is 0 Å². The van der Waals surface area contributed by atoms with Crippen LogP contribution in [0, 0.1) is 0 Å². The van der Waals surface area contributed by atoms with Crippen LogP contribution in [-0.4, -0.2) is 40.3 Å². The van der Waals surface area contributed by atoms with E-state index in [1.54, 1.807) is 10.9 Å². The Morgan fingerprint density at radius 1 is 1.42 bits per heavy atom. The largest absolute Gasteiger partial charge is 0.365 e.